The van der Waals surface area contributed by atoms with Crippen LogP contribution in [0.4, 0.5) is 0 Å². The second kappa shape index (κ2) is 2.46. The first kappa shape index (κ1) is 7.34. The van der Waals surface area contributed by atoms with E-state index in [0.717, 1.165) is 6.04 Å². The number of fused-ring (bicyclic) bond motifs is 2. The van der Waals surface area contributed by atoms with Crippen LogP contribution in [-0.2, 0) is 0 Å². The van der Waals surface area contributed by atoms with Gasteiger partial charge in [0.2, 0.25) is 0 Å². The normalized spacial score (nSPS) is 48.2. The van der Waals surface area contributed by atoms with Crippen LogP contribution in [0.1, 0.15) is 25.7 Å². The average molecular weight is 167 g/mol. The molecule has 68 valence electrons. The van der Waals surface area contributed by atoms with Crippen LogP contribution in [0.25, 0.3) is 0 Å². The van der Waals surface area contributed by atoms with Gasteiger partial charge < -0.3 is 5.11 Å². The van der Waals surface area contributed by atoms with E-state index in [-0.39, 0.29) is 6.10 Å². The fraction of sp³-hybridized carbons (Fsp3) is 1.00. The smallest absolute Gasteiger partial charge is 0.0620 e. The van der Waals surface area contributed by atoms with Gasteiger partial charge in [-0.05, 0) is 37.5 Å². The Morgan fingerprint density at radius 1 is 0.917 bits per heavy atom. The molecule has 1 N–H and O–H groups in total. The minimum atomic E-state index is 0.0417. The summed E-state index contributed by atoms with van der Waals surface area (Å²) in [5, 5.41) is 9.80. The van der Waals surface area contributed by atoms with Gasteiger partial charge in [0.25, 0.3) is 0 Å². The zero-order chi connectivity index (χ0) is 8.13. The summed E-state index contributed by atoms with van der Waals surface area (Å²) < 4.78 is 0. The van der Waals surface area contributed by atoms with E-state index in [4.69, 9.17) is 0 Å². The van der Waals surface area contributed by atoms with Crippen LogP contribution in [0.15, 0.2) is 0 Å². The van der Waals surface area contributed by atoms with Crippen LogP contribution in [0, 0.1) is 11.8 Å². The van der Waals surface area contributed by atoms with Gasteiger partial charge in [-0.25, -0.2) is 0 Å². The summed E-state index contributed by atoms with van der Waals surface area (Å²) in [7, 11) is 0. The Morgan fingerprint density at radius 3 is 2.00 bits per heavy atom. The molecule has 2 saturated carbocycles. The van der Waals surface area contributed by atoms with Gasteiger partial charge in [0.1, 0.15) is 0 Å². The van der Waals surface area contributed by atoms with Crippen molar-refractivity contribution in [3.63, 3.8) is 0 Å². The van der Waals surface area contributed by atoms with Crippen molar-refractivity contribution < 1.29 is 5.11 Å². The predicted octanol–water partition coefficient (Wildman–Crippen LogP) is 0.851. The van der Waals surface area contributed by atoms with Gasteiger partial charge in [-0.15, -0.1) is 0 Å². The zero-order valence-corrected chi connectivity index (χ0v) is 7.45. The third-order valence-corrected chi connectivity index (χ3v) is 3.88. The second-order valence-electron chi connectivity index (χ2n) is 4.77. The first-order valence-corrected chi connectivity index (χ1v) is 5.27. The van der Waals surface area contributed by atoms with Gasteiger partial charge in [0.15, 0.2) is 0 Å². The molecule has 0 aromatic carbocycles. The SMILES string of the molecule is OC1[C@H]2CC[C@H]1CN(C1CC1)C2. The van der Waals surface area contributed by atoms with Crippen LogP contribution >= 0.6 is 0 Å². The number of hydrogen-bond acceptors (Lipinski definition) is 2. The number of piperidine rings is 1. The zero-order valence-electron chi connectivity index (χ0n) is 7.45. The predicted molar refractivity (Wildman–Crippen MR) is 46.8 cm³/mol. The highest BCUT2D eigenvalue weighted by Gasteiger charge is 2.44. The van der Waals surface area contributed by atoms with Crippen molar-refractivity contribution in [2.75, 3.05) is 13.1 Å². The Kier molecular flexibility index (Phi) is 1.50. The van der Waals surface area contributed by atoms with Crippen molar-refractivity contribution in [3.05, 3.63) is 0 Å². The van der Waals surface area contributed by atoms with Crippen molar-refractivity contribution in [2.24, 2.45) is 11.8 Å². The molecule has 0 amide bonds. The summed E-state index contributed by atoms with van der Waals surface area (Å²) in [6.07, 6.45) is 5.41. The largest absolute Gasteiger partial charge is 0.392 e. The summed E-state index contributed by atoms with van der Waals surface area (Å²) in [6.45, 7) is 2.37. The number of aliphatic hydroxyl groups excluding tert-OH is 1. The molecule has 1 saturated heterocycles. The van der Waals surface area contributed by atoms with E-state index in [9.17, 15) is 5.11 Å². The highest BCUT2D eigenvalue weighted by Crippen LogP contribution is 2.40. The van der Waals surface area contributed by atoms with Crippen LogP contribution < -0.4 is 0 Å². The molecular weight excluding hydrogens is 150 g/mol. The quantitative estimate of drug-likeness (QED) is 0.626. The average Bonchev–Trinajstić information content (AvgIpc) is 2.87. The van der Waals surface area contributed by atoms with Crippen molar-refractivity contribution in [1.29, 1.82) is 0 Å². The molecule has 0 aromatic rings. The van der Waals surface area contributed by atoms with Gasteiger partial charge in [-0.2, -0.15) is 0 Å². The maximum atomic E-state index is 9.80. The summed E-state index contributed by atoms with van der Waals surface area (Å²) in [6, 6.07) is 0.903. The summed E-state index contributed by atoms with van der Waals surface area (Å²) >= 11 is 0. The van der Waals surface area contributed by atoms with Gasteiger partial charge in [-0.3, -0.25) is 4.90 Å². The molecule has 1 aliphatic heterocycles. The molecule has 0 unspecified atom stereocenters. The monoisotopic (exact) mass is 167 g/mol. The van der Waals surface area contributed by atoms with Crippen molar-refractivity contribution >= 4 is 0 Å². The Hall–Kier alpha value is -0.0800. The van der Waals surface area contributed by atoms with Gasteiger partial charge >= 0.3 is 0 Å². The molecule has 3 fully saturated rings. The van der Waals surface area contributed by atoms with Crippen molar-refractivity contribution in [1.82, 2.24) is 4.90 Å². The van der Waals surface area contributed by atoms with Crippen LogP contribution in [0.5, 0.6) is 0 Å². The molecule has 0 aromatic heterocycles. The molecule has 2 aliphatic carbocycles. The van der Waals surface area contributed by atoms with Crippen LogP contribution in [0.3, 0.4) is 0 Å². The molecule has 12 heavy (non-hydrogen) atoms. The van der Waals surface area contributed by atoms with E-state index in [1.807, 2.05) is 0 Å². The Balaban J connectivity index is 1.73. The van der Waals surface area contributed by atoms with E-state index < -0.39 is 0 Å². The third-order valence-electron chi connectivity index (χ3n) is 3.88. The minimum absolute atomic E-state index is 0.0417. The topological polar surface area (TPSA) is 23.5 Å². The maximum Gasteiger partial charge on any atom is 0.0620 e. The molecule has 2 heteroatoms. The molecule has 0 spiro atoms. The molecule has 0 radical (unpaired) electrons. The number of hydrogen-bond donors (Lipinski definition) is 1. The van der Waals surface area contributed by atoms with E-state index in [1.165, 1.54) is 38.8 Å². The van der Waals surface area contributed by atoms with Crippen molar-refractivity contribution in [2.45, 2.75) is 37.8 Å². The Bertz CT molecular complexity index is 176. The molecule has 3 aliphatic rings. The highest BCUT2D eigenvalue weighted by atomic mass is 16.3. The lowest BCUT2D eigenvalue weighted by Gasteiger charge is -2.35. The molecule has 2 atom stereocenters. The standard InChI is InChI=1S/C10H17NO/c12-10-7-1-2-8(10)6-11(5-7)9-3-4-9/h7-10,12H,1-6H2/t7-,8-/m0/s1. The number of likely N-dealkylation sites (tertiary alicyclic amines) is 1. The van der Waals surface area contributed by atoms with Gasteiger partial charge in [0.05, 0.1) is 6.10 Å². The highest BCUT2D eigenvalue weighted by molar-refractivity contribution is 4.97. The first-order valence-electron chi connectivity index (χ1n) is 5.27. The Labute approximate surface area is 73.6 Å². The first-order chi connectivity index (χ1) is 5.84. The van der Waals surface area contributed by atoms with E-state index in [0.29, 0.717) is 11.8 Å². The Morgan fingerprint density at radius 2 is 1.50 bits per heavy atom. The number of nitrogens with zero attached hydrogens (tertiary/aromatic N) is 1. The molecule has 3 rings (SSSR count). The fourth-order valence-corrected chi connectivity index (χ4v) is 2.97. The van der Waals surface area contributed by atoms with E-state index in [2.05, 4.69) is 4.90 Å². The van der Waals surface area contributed by atoms with Crippen molar-refractivity contribution in [3.8, 4) is 0 Å². The fourth-order valence-electron chi connectivity index (χ4n) is 2.97. The third kappa shape index (κ3) is 1.01. The lowest BCUT2D eigenvalue weighted by atomic mass is 9.95. The summed E-state index contributed by atoms with van der Waals surface area (Å²) in [5.74, 6) is 1.23. The maximum absolute atomic E-state index is 9.80. The van der Waals surface area contributed by atoms with E-state index >= 15 is 0 Å². The molecule has 1 heterocycles. The molecule has 2 nitrogen and oxygen atoms in total. The summed E-state index contributed by atoms with van der Waals surface area (Å²) in [5.41, 5.74) is 0. The van der Waals surface area contributed by atoms with Crippen LogP contribution in [-0.4, -0.2) is 35.2 Å². The van der Waals surface area contributed by atoms with Gasteiger partial charge in [0, 0.05) is 19.1 Å². The van der Waals surface area contributed by atoms with E-state index in [1.54, 1.807) is 0 Å². The minimum Gasteiger partial charge on any atom is -0.392 e. The van der Waals surface area contributed by atoms with Crippen LogP contribution in [0.2, 0.25) is 0 Å². The van der Waals surface area contributed by atoms with Gasteiger partial charge in [-0.1, -0.05) is 0 Å². The lowest BCUT2D eigenvalue weighted by molar-refractivity contribution is 0.0138. The molecular formula is C10H17NO. The number of aliphatic hydroxyl groups is 1. The summed E-state index contributed by atoms with van der Waals surface area (Å²) in [4.78, 5) is 2.62. The number of rotatable bonds is 1. The second-order valence-corrected chi connectivity index (χ2v) is 4.77. The lowest BCUT2D eigenvalue weighted by Crippen LogP contribution is -2.45. The molecule has 2 bridgehead atoms.